The van der Waals surface area contributed by atoms with Crippen molar-refractivity contribution >= 4 is 39.2 Å². The first-order valence-electron chi connectivity index (χ1n) is 9.14. The summed E-state index contributed by atoms with van der Waals surface area (Å²) in [4.78, 5) is 13.9. The van der Waals surface area contributed by atoms with Crippen LogP contribution in [0.15, 0.2) is 36.0 Å². The molecule has 138 valence electrons. The predicted octanol–water partition coefficient (Wildman–Crippen LogP) is 4.54. The van der Waals surface area contributed by atoms with E-state index in [9.17, 15) is 15.3 Å². The second kappa shape index (κ2) is 7.34. The quantitative estimate of drug-likeness (QED) is 0.530. The van der Waals surface area contributed by atoms with E-state index in [4.69, 9.17) is 0 Å². The standard InChI is InChI=1S/C22H18N4OS/c1-26-13-15(16-6-2-4-8-19(16)26)10-14(11-23)21(27)25-22-18(12-24)17-7-3-5-9-20(17)28-22/h2,4,6,8,10,13H,3,5,7,9H2,1H3,(H,25,27)/b14-10+. The van der Waals surface area contributed by atoms with Crippen LogP contribution in [0, 0.1) is 22.7 Å². The number of anilines is 1. The van der Waals surface area contributed by atoms with Gasteiger partial charge >= 0.3 is 0 Å². The van der Waals surface area contributed by atoms with Crippen molar-refractivity contribution in [2.45, 2.75) is 25.7 Å². The molecule has 1 amide bonds. The number of rotatable bonds is 3. The van der Waals surface area contributed by atoms with Crippen LogP contribution in [-0.2, 0) is 24.7 Å². The van der Waals surface area contributed by atoms with E-state index in [1.807, 2.05) is 48.1 Å². The Morgan fingerprint density at radius 1 is 1.25 bits per heavy atom. The van der Waals surface area contributed by atoms with Gasteiger partial charge in [-0.3, -0.25) is 4.79 Å². The molecule has 1 aliphatic carbocycles. The SMILES string of the molecule is Cn1cc(/C=C(\C#N)C(=O)Nc2sc3c(c2C#N)CCCC3)c2ccccc21. The monoisotopic (exact) mass is 386 g/mol. The van der Waals surface area contributed by atoms with Gasteiger partial charge in [-0.05, 0) is 43.4 Å². The second-order valence-electron chi connectivity index (χ2n) is 6.86. The fourth-order valence-electron chi connectivity index (χ4n) is 3.73. The molecule has 1 aromatic carbocycles. The van der Waals surface area contributed by atoms with Gasteiger partial charge in [-0.2, -0.15) is 10.5 Å². The van der Waals surface area contributed by atoms with Gasteiger partial charge in [0.1, 0.15) is 22.7 Å². The van der Waals surface area contributed by atoms with Crippen LogP contribution in [0.25, 0.3) is 17.0 Å². The van der Waals surface area contributed by atoms with Gasteiger partial charge in [-0.25, -0.2) is 0 Å². The van der Waals surface area contributed by atoms with Crippen molar-refractivity contribution < 1.29 is 4.79 Å². The van der Waals surface area contributed by atoms with Gasteiger partial charge in [0.05, 0.1) is 5.56 Å². The molecule has 0 atom stereocenters. The smallest absolute Gasteiger partial charge is 0.266 e. The number of carbonyl (C=O) groups excluding carboxylic acids is 1. The molecule has 5 nitrogen and oxygen atoms in total. The largest absolute Gasteiger partial charge is 0.350 e. The summed E-state index contributed by atoms with van der Waals surface area (Å²) in [6.45, 7) is 0. The van der Waals surface area contributed by atoms with Gasteiger partial charge in [0.15, 0.2) is 0 Å². The van der Waals surface area contributed by atoms with E-state index in [1.165, 1.54) is 16.2 Å². The molecule has 0 bridgehead atoms. The number of thiophene rings is 1. The second-order valence-corrected chi connectivity index (χ2v) is 7.97. The van der Waals surface area contributed by atoms with Gasteiger partial charge < -0.3 is 9.88 Å². The minimum atomic E-state index is -0.481. The van der Waals surface area contributed by atoms with Gasteiger partial charge in [-0.15, -0.1) is 11.3 Å². The molecule has 4 rings (SSSR count). The van der Waals surface area contributed by atoms with Crippen molar-refractivity contribution in [3.8, 4) is 12.1 Å². The van der Waals surface area contributed by atoms with E-state index in [-0.39, 0.29) is 5.57 Å². The predicted molar refractivity (Wildman–Crippen MR) is 111 cm³/mol. The summed E-state index contributed by atoms with van der Waals surface area (Å²) in [6.07, 6.45) is 7.51. The number of aryl methyl sites for hydroxylation is 2. The molecule has 0 saturated heterocycles. The zero-order valence-electron chi connectivity index (χ0n) is 15.5. The number of fused-ring (bicyclic) bond motifs is 2. The van der Waals surface area contributed by atoms with Crippen LogP contribution in [-0.4, -0.2) is 10.5 Å². The zero-order valence-corrected chi connectivity index (χ0v) is 16.3. The van der Waals surface area contributed by atoms with Crippen molar-refractivity contribution in [1.82, 2.24) is 4.57 Å². The van der Waals surface area contributed by atoms with E-state index in [0.717, 1.165) is 47.7 Å². The third-order valence-corrected chi connectivity index (χ3v) is 6.31. The first-order chi connectivity index (χ1) is 13.6. The van der Waals surface area contributed by atoms with E-state index < -0.39 is 5.91 Å². The van der Waals surface area contributed by atoms with E-state index >= 15 is 0 Å². The summed E-state index contributed by atoms with van der Waals surface area (Å²) in [6, 6.07) is 12.1. The molecule has 0 radical (unpaired) electrons. The zero-order chi connectivity index (χ0) is 19.7. The average molecular weight is 386 g/mol. The molecule has 0 saturated carbocycles. The lowest BCUT2D eigenvalue weighted by Crippen LogP contribution is -2.13. The van der Waals surface area contributed by atoms with E-state index in [2.05, 4.69) is 11.4 Å². The number of para-hydroxylation sites is 1. The number of nitrogens with one attached hydrogen (secondary N) is 1. The van der Waals surface area contributed by atoms with Crippen LogP contribution < -0.4 is 5.32 Å². The summed E-state index contributed by atoms with van der Waals surface area (Å²) < 4.78 is 1.97. The highest BCUT2D eigenvalue weighted by Gasteiger charge is 2.22. The molecule has 6 heteroatoms. The average Bonchev–Trinajstić information content (AvgIpc) is 3.23. The maximum atomic E-state index is 12.8. The van der Waals surface area contributed by atoms with Gasteiger partial charge in [-0.1, -0.05) is 18.2 Å². The number of hydrogen-bond acceptors (Lipinski definition) is 4. The number of hydrogen-bond donors (Lipinski definition) is 1. The van der Waals surface area contributed by atoms with Crippen LogP contribution in [0.1, 0.15) is 34.4 Å². The normalized spacial score (nSPS) is 13.6. The summed E-state index contributed by atoms with van der Waals surface area (Å²) >= 11 is 1.46. The summed E-state index contributed by atoms with van der Waals surface area (Å²) in [5.74, 6) is -0.481. The molecule has 1 aliphatic rings. The number of amides is 1. The maximum Gasteiger partial charge on any atom is 0.266 e. The Balaban J connectivity index is 1.67. The first-order valence-corrected chi connectivity index (χ1v) is 9.96. The number of aromatic nitrogens is 1. The fourth-order valence-corrected chi connectivity index (χ4v) is 4.97. The molecule has 2 aromatic heterocycles. The number of nitriles is 2. The van der Waals surface area contributed by atoms with Crippen LogP contribution in [0.4, 0.5) is 5.00 Å². The number of carbonyl (C=O) groups is 1. The molecular formula is C22H18N4OS. The van der Waals surface area contributed by atoms with Crippen molar-refractivity contribution in [2.75, 3.05) is 5.32 Å². The lowest BCUT2D eigenvalue weighted by molar-refractivity contribution is -0.112. The van der Waals surface area contributed by atoms with Crippen LogP contribution in [0.3, 0.4) is 0 Å². The minimum absolute atomic E-state index is 0.0200. The highest BCUT2D eigenvalue weighted by Crippen LogP contribution is 2.37. The fraction of sp³-hybridized carbons (Fsp3) is 0.227. The number of nitrogens with zero attached hydrogens (tertiary/aromatic N) is 3. The first kappa shape index (κ1) is 18.0. The molecule has 0 aliphatic heterocycles. The molecule has 0 spiro atoms. The highest BCUT2D eigenvalue weighted by atomic mass is 32.1. The lowest BCUT2D eigenvalue weighted by Gasteiger charge is -2.09. The third-order valence-electron chi connectivity index (χ3n) is 5.10. The number of benzene rings is 1. The minimum Gasteiger partial charge on any atom is -0.350 e. The van der Waals surface area contributed by atoms with Crippen molar-refractivity contribution in [3.63, 3.8) is 0 Å². The van der Waals surface area contributed by atoms with Gasteiger partial charge in [0, 0.05) is 34.6 Å². The summed E-state index contributed by atoms with van der Waals surface area (Å²) in [5, 5.41) is 23.4. The Hall–Kier alpha value is -3.35. The van der Waals surface area contributed by atoms with Crippen molar-refractivity contribution in [2.24, 2.45) is 7.05 Å². The lowest BCUT2D eigenvalue weighted by atomic mass is 9.96. The molecule has 1 N–H and O–H groups in total. The van der Waals surface area contributed by atoms with Gasteiger partial charge in [0.2, 0.25) is 0 Å². The topological polar surface area (TPSA) is 81.6 Å². The highest BCUT2D eigenvalue weighted by molar-refractivity contribution is 7.16. The van der Waals surface area contributed by atoms with Crippen LogP contribution in [0.2, 0.25) is 0 Å². The Bertz CT molecular complexity index is 1200. The van der Waals surface area contributed by atoms with Crippen LogP contribution >= 0.6 is 11.3 Å². The Morgan fingerprint density at radius 3 is 2.82 bits per heavy atom. The molecule has 0 unspecified atom stereocenters. The Morgan fingerprint density at radius 2 is 2.04 bits per heavy atom. The van der Waals surface area contributed by atoms with Gasteiger partial charge in [0.25, 0.3) is 5.91 Å². The van der Waals surface area contributed by atoms with Crippen LogP contribution in [0.5, 0.6) is 0 Å². The Labute approximate surface area is 167 Å². The Kier molecular flexibility index (Phi) is 4.73. The van der Waals surface area contributed by atoms with Crippen molar-refractivity contribution in [3.05, 3.63) is 57.6 Å². The summed E-state index contributed by atoms with van der Waals surface area (Å²) in [7, 11) is 1.93. The molecular weight excluding hydrogens is 368 g/mol. The third kappa shape index (κ3) is 3.09. The van der Waals surface area contributed by atoms with Crippen molar-refractivity contribution in [1.29, 1.82) is 10.5 Å². The van der Waals surface area contributed by atoms with E-state index in [1.54, 1.807) is 6.08 Å². The molecule has 28 heavy (non-hydrogen) atoms. The van der Waals surface area contributed by atoms with E-state index in [0.29, 0.717) is 10.6 Å². The molecule has 2 heterocycles. The summed E-state index contributed by atoms with van der Waals surface area (Å²) in [5.41, 5.74) is 3.48. The molecule has 0 fully saturated rings. The maximum absolute atomic E-state index is 12.8. The molecule has 3 aromatic rings.